The van der Waals surface area contributed by atoms with Crippen molar-refractivity contribution >= 4 is 13.8 Å². The lowest BCUT2D eigenvalue weighted by atomic mass is 9.41. The Morgan fingerprint density at radius 3 is 3.00 bits per heavy atom. The van der Waals surface area contributed by atoms with E-state index in [9.17, 15) is 4.79 Å². The minimum atomic E-state index is -0.769. The van der Waals surface area contributed by atoms with Crippen LogP contribution in [0.15, 0.2) is 11.6 Å². The van der Waals surface area contributed by atoms with Crippen molar-refractivity contribution in [3.8, 4) is 0 Å². The first-order chi connectivity index (χ1) is 6.99. The highest BCUT2D eigenvalue weighted by atomic mass is 16.4. The average Bonchev–Trinajstić information content (AvgIpc) is 2.54. The summed E-state index contributed by atoms with van der Waals surface area (Å²) in [4.78, 5) is 11.0. The monoisotopic (exact) mass is 204 g/mol. The van der Waals surface area contributed by atoms with Crippen molar-refractivity contribution in [3.05, 3.63) is 11.6 Å². The summed E-state index contributed by atoms with van der Waals surface area (Å²) < 4.78 is 0. The Morgan fingerprint density at radius 1 is 1.80 bits per heavy atom. The van der Waals surface area contributed by atoms with Crippen LogP contribution in [0.4, 0.5) is 0 Å². The van der Waals surface area contributed by atoms with Gasteiger partial charge in [0, 0.05) is 0 Å². The second-order valence-corrected chi connectivity index (χ2v) is 5.04. The smallest absolute Gasteiger partial charge is 0.306 e. The molecule has 2 aliphatic carbocycles. The van der Waals surface area contributed by atoms with E-state index >= 15 is 0 Å². The van der Waals surface area contributed by atoms with E-state index in [2.05, 4.69) is 13.0 Å². The number of carbonyl (C=O) groups is 1. The van der Waals surface area contributed by atoms with E-state index in [1.165, 1.54) is 5.57 Å². The van der Waals surface area contributed by atoms with Crippen molar-refractivity contribution in [2.75, 3.05) is 0 Å². The lowest BCUT2D eigenvalue weighted by Gasteiger charge is -2.53. The van der Waals surface area contributed by atoms with Crippen molar-refractivity contribution in [2.24, 2.45) is 17.8 Å². The molecule has 80 valence electrons. The van der Waals surface area contributed by atoms with Crippen molar-refractivity contribution in [1.82, 2.24) is 0 Å². The molecule has 0 aliphatic heterocycles. The molecule has 0 amide bonds. The Kier molecular flexibility index (Phi) is 2.44. The van der Waals surface area contributed by atoms with Gasteiger partial charge in [-0.2, -0.15) is 0 Å². The molecule has 3 heteroatoms. The van der Waals surface area contributed by atoms with E-state index in [-0.39, 0.29) is 0 Å². The maximum Gasteiger partial charge on any atom is 0.306 e. The highest BCUT2D eigenvalue weighted by Gasteiger charge is 2.55. The molecule has 2 aliphatic rings. The second-order valence-electron chi connectivity index (χ2n) is 5.04. The first-order valence-corrected chi connectivity index (χ1v) is 5.70. The third-order valence-electron chi connectivity index (χ3n) is 4.31. The molecule has 0 heterocycles. The highest BCUT2D eigenvalue weighted by molar-refractivity contribution is 6.18. The molecule has 2 rings (SSSR count). The molecule has 0 spiro atoms. The molecule has 4 atom stereocenters. The van der Waals surface area contributed by atoms with Crippen LogP contribution in [0.2, 0.25) is 5.31 Å². The zero-order chi connectivity index (χ0) is 11.2. The van der Waals surface area contributed by atoms with Crippen LogP contribution in [0.1, 0.15) is 33.1 Å². The third kappa shape index (κ3) is 1.44. The molecule has 0 bridgehead atoms. The van der Waals surface area contributed by atoms with Crippen LogP contribution in [-0.2, 0) is 4.79 Å². The molecule has 0 saturated heterocycles. The van der Waals surface area contributed by atoms with Crippen LogP contribution < -0.4 is 0 Å². The lowest BCUT2D eigenvalue weighted by Crippen LogP contribution is -2.46. The highest BCUT2D eigenvalue weighted by Crippen LogP contribution is 2.64. The van der Waals surface area contributed by atoms with Gasteiger partial charge in [0.25, 0.3) is 0 Å². The van der Waals surface area contributed by atoms with Crippen LogP contribution >= 0.6 is 0 Å². The summed E-state index contributed by atoms with van der Waals surface area (Å²) in [6, 6.07) is 0. The number of allylic oxidation sites excluding steroid dienone is 2. The number of fused-ring (bicyclic) bond motifs is 1. The zero-order valence-electron chi connectivity index (χ0n) is 9.36. The van der Waals surface area contributed by atoms with E-state index in [4.69, 9.17) is 13.0 Å². The number of aliphatic carboxylic acids is 1. The van der Waals surface area contributed by atoms with Gasteiger partial charge in [-0.15, -0.1) is 0 Å². The largest absolute Gasteiger partial charge is 0.481 e. The van der Waals surface area contributed by atoms with Crippen LogP contribution in [0.25, 0.3) is 0 Å². The summed E-state index contributed by atoms with van der Waals surface area (Å²) in [6.45, 7) is 3.88. The molecule has 0 aromatic heterocycles. The first kappa shape index (κ1) is 10.8. The number of hydrogen-bond acceptors (Lipinski definition) is 1. The maximum atomic E-state index is 11.0. The predicted octanol–water partition coefficient (Wildman–Crippen LogP) is 2.41. The number of carboxylic acids is 1. The Bertz CT molecular complexity index is 324. The summed E-state index contributed by atoms with van der Waals surface area (Å²) in [5, 5.41) is 8.53. The fourth-order valence-electron chi connectivity index (χ4n) is 3.10. The Balaban J connectivity index is 2.14. The molecule has 1 fully saturated rings. The SMILES string of the molecule is [B][C@]1(C(C)C(=O)O)CC2CC(CC)=CC21. The molecule has 0 aromatic carbocycles. The Hall–Kier alpha value is -0.725. The van der Waals surface area contributed by atoms with Crippen LogP contribution in [-0.4, -0.2) is 18.9 Å². The minimum Gasteiger partial charge on any atom is -0.481 e. The standard InChI is InChI=1S/C12H17BO2/c1-3-8-4-9-6-12(13,10(9)5-8)7(2)11(14)15/h5,7,9-10H,3-4,6H2,1-2H3,(H,14,15)/t7?,9?,10?,12-/m0/s1. The molecule has 3 unspecified atom stereocenters. The molecule has 15 heavy (non-hydrogen) atoms. The van der Waals surface area contributed by atoms with Crippen molar-refractivity contribution in [1.29, 1.82) is 0 Å². The van der Waals surface area contributed by atoms with E-state index in [1.54, 1.807) is 6.92 Å². The molecular formula is C12H17BO2. The van der Waals surface area contributed by atoms with Crippen LogP contribution in [0.3, 0.4) is 0 Å². The Morgan fingerprint density at radius 2 is 2.47 bits per heavy atom. The van der Waals surface area contributed by atoms with Gasteiger partial charge < -0.3 is 5.11 Å². The van der Waals surface area contributed by atoms with Gasteiger partial charge in [-0.3, -0.25) is 4.79 Å². The van der Waals surface area contributed by atoms with Crippen LogP contribution in [0, 0.1) is 17.8 Å². The van der Waals surface area contributed by atoms with Crippen molar-refractivity contribution in [2.45, 2.75) is 38.4 Å². The summed E-state index contributed by atoms with van der Waals surface area (Å²) in [6.07, 6.45) is 5.30. The fraction of sp³-hybridized carbons (Fsp3) is 0.750. The van der Waals surface area contributed by atoms with E-state index in [0.717, 1.165) is 19.3 Å². The predicted molar refractivity (Wildman–Crippen MR) is 59.8 cm³/mol. The first-order valence-electron chi connectivity index (χ1n) is 5.70. The lowest BCUT2D eigenvalue weighted by molar-refractivity contribution is -0.145. The van der Waals surface area contributed by atoms with Gasteiger partial charge in [0.1, 0.15) is 0 Å². The van der Waals surface area contributed by atoms with Gasteiger partial charge >= 0.3 is 5.97 Å². The van der Waals surface area contributed by atoms with E-state index < -0.39 is 17.2 Å². The summed E-state index contributed by atoms with van der Waals surface area (Å²) in [5.41, 5.74) is 1.45. The van der Waals surface area contributed by atoms with Gasteiger partial charge in [-0.25, -0.2) is 0 Å². The summed E-state index contributed by atoms with van der Waals surface area (Å²) in [5.74, 6) is -0.286. The van der Waals surface area contributed by atoms with Gasteiger partial charge in [0.15, 0.2) is 0 Å². The van der Waals surface area contributed by atoms with Gasteiger partial charge in [-0.1, -0.05) is 31.9 Å². The van der Waals surface area contributed by atoms with Crippen molar-refractivity contribution < 1.29 is 9.90 Å². The molecule has 2 nitrogen and oxygen atoms in total. The minimum absolute atomic E-state index is 0.304. The van der Waals surface area contributed by atoms with Gasteiger partial charge in [-0.05, 0) is 30.0 Å². The molecule has 1 saturated carbocycles. The van der Waals surface area contributed by atoms with Gasteiger partial charge in [0.2, 0.25) is 0 Å². The van der Waals surface area contributed by atoms with Gasteiger partial charge in [0.05, 0.1) is 13.8 Å². The molecule has 2 radical (unpaired) electrons. The topological polar surface area (TPSA) is 37.3 Å². The number of hydrogen-bond donors (Lipinski definition) is 1. The van der Waals surface area contributed by atoms with Crippen LogP contribution in [0.5, 0.6) is 0 Å². The summed E-state index contributed by atoms with van der Waals surface area (Å²) >= 11 is 0. The van der Waals surface area contributed by atoms with E-state index in [1.807, 2.05) is 0 Å². The fourth-order valence-corrected chi connectivity index (χ4v) is 3.10. The third-order valence-corrected chi connectivity index (χ3v) is 4.31. The normalized spacial score (nSPS) is 40.3. The number of rotatable bonds is 3. The Labute approximate surface area is 92.2 Å². The maximum absolute atomic E-state index is 11.0. The zero-order valence-corrected chi connectivity index (χ0v) is 9.36. The number of carboxylic acid groups (broad SMARTS) is 1. The van der Waals surface area contributed by atoms with Crippen molar-refractivity contribution in [3.63, 3.8) is 0 Å². The molecule has 1 N–H and O–H groups in total. The van der Waals surface area contributed by atoms with E-state index in [0.29, 0.717) is 11.8 Å². The molecule has 0 aromatic rings. The average molecular weight is 204 g/mol. The quantitative estimate of drug-likeness (QED) is 0.566. The summed E-state index contributed by atoms with van der Waals surface area (Å²) in [7, 11) is 6.22. The molecular weight excluding hydrogens is 187 g/mol. The second kappa shape index (κ2) is 3.39.